The third kappa shape index (κ3) is 1.15. The van der Waals surface area contributed by atoms with Crippen LogP contribution >= 0.6 is 11.8 Å². The van der Waals surface area contributed by atoms with Crippen LogP contribution in [0.5, 0.6) is 0 Å². The third-order valence-corrected chi connectivity index (χ3v) is 3.37. The van der Waals surface area contributed by atoms with Crippen molar-refractivity contribution in [3.63, 3.8) is 0 Å². The van der Waals surface area contributed by atoms with E-state index >= 15 is 0 Å². The Morgan fingerprint density at radius 2 is 2.67 bits per heavy atom. The molecule has 1 aliphatic rings. The van der Waals surface area contributed by atoms with Gasteiger partial charge in [-0.05, 0) is 0 Å². The Labute approximate surface area is 54.7 Å². The summed E-state index contributed by atoms with van der Waals surface area (Å²) in [6.45, 7) is 1.07. The van der Waals surface area contributed by atoms with E-state index in [9.17, 15) is 0 Å². The predicted molar refractivity (Wildman–Crippen MR) is 31.9 cm³/mol. The molecule has 0 N–H and O–H groups in total. The van der Waals surface area contributed by atoms with Crippen molar-refractivity contribution < 1.29 is 0 Å². The van der Waals surface area contributed by atoms with E-state index in [0.29, 0.717) is 0 Å². The first kappa shape index (κ1) is 4.97. The van der Waals surface area contributed by atoms with Crippen LogP contribution in [0.1, 0.15) is 0 Å². The molecule has 0 saturated heterocycles. The second-order valence-electron chi connectivity index (χ2n) is 1.07. The van der Waals surface area contributed by atoms with Crippen LogP contribution in [0.3, 0.4) is 0 Å². The summed E-state index contributed by atoms with van der Waals surface area (Å²) in [7, 11) is 0. The van der Waals surface area contributed by atoms with Crippen molar-refractivity contribution in [2.24, 2.45) is 4.99 Å². The molecule has 1 heterocycles. The van der Waals surface area contributed by atoms with Crippen LogP contribution < -0.4 is 0 Å². The Balaban J connectivity index is 2.45. The molecule has 0 aromatic rings. The first-order valence-electron chi connectivity index (χ1n) is 1.82. The Bertz CT molecular complexity index is 80.9. The summed E-state index contributed by atoms with van der Waals surface area (Å²) >= 11 is 3.13. The van der Waals surface area contributed by atoms with Gasteiger partial charge in [0.15, 0.2) is 0 Å². The summed E-state index contributed by atoms with van der Waals surface area (Å²) in [6.07, 6.45) is 0. The minimum absolute atomic E-state index is 1.07. The van der Waals surface area contributed by atoms with Crippen LogP contribution in [0.15, 0.2) is 4.99 Å². The zero-order valence-corrected chi connectivity index (χ0v) is 7.46. The fourth-order valence-electron chi connectivity index (χ4n) is 0.352. The van der Waals surface area contributed by atoms with E-state index in [0.717, 1.165) is 6.54 Å². The molecular formula is C3H5NSSn. The SMILES string of the molecule is [SnH][C]1=NCCS1. The molecule has 0 bridgehead atoms. The summed E-state index contributed by atoms with van der Waals surface area (Å²) in [5.41, 5.74) is 0. The number of hydrogen-bond acceptors (Lipinski definition) is 2. The van der Waals surface area contributed by atoms with Crippen LogP contribution in [0, 0.1) is 0 Å². The molecule has 0 fully saturated rings. The maximum absolute atomic E-state index is 4.17. The van der Waals surface area contributed by atoms with Crippen LogP contribution in [-0.2, 0) is 0 Å². The van der Waals surface area contributed by atoms with Crippen molar-refractivity contribution in [2.45, 2.75) is 0 Å². The normalized spacial score (nSPS) is 21.2. The van der Waals surface area contributed by atoms with Crippen LogP contribution in [-0.4, -0.2) is 37.9 Å². The molecule has 0 aliphatic carbocycles. The van der Waals surface area contributed by atoms with Crippen molar-refractivity contribution in [2.75, 3.05) is 12.3 Å². The fourth-order valence-corrected chi connectivity index (χ4v) is 2.30. The van der Waals surface area contributed by atoms with Crippen LogP contribution in [0.4, 0.5) is 0 Å². The zero-order chi connectivity index (χ0) is 4.41. The molecule has 0 aromatic heterocycles. The third-order valence-electron chi connectivity index (χ3n) is 0.609. The van der Waals surface area contributed by atoms with Gasteiger partial charge in [0.25, 0.3) is 0 Å². The van der Waals surface area contributed by atoms with Gasteiger partial charge in [-0.2, -0.15) is 0 Å². The van der Waals surface area contributed by atoms with E-state index in [1.165, 1.54) is 31.3 Å². The molecule has 0 aromatic carbocycles. The first-order chi connectivity index (χ1) is 2.89. The molecule has 3 heteroatoms. The fraction of sp³-hybridized carbons (Fsp3) is 0.667. The van der Waals surface area contributed by atoms with Gasteiger partial charge in [-0.15, -0.1) is 0 Å². The van der Waals surface area contributed by atoms with Gasteiger partial charge in [-0.1, -0.05) is 0 Å². The summed E-state index contributed by atoms with van der Waals surface area (Å²) in [5, 5.41) is 0. The molecule has 32 valence electrons. The van der Waals surface area contributed by atoms with Crippen molar-refractivity contribution in [1.82, 2.24) is 0 Å². The Morgan fingerprint density at radius 1 is 1.83 bits per heavy atom. The molecule has 0 atom stereocenters. The van der Waals surface area contributed by atoms with Gasteiger partial charge in [-0.3, -0.25) is 0 Å². The monoisotopic (exact) mass is 207 g/mol. The van der Waals surface area contributed by atoms with Gasteiger partial charge in [0.1, 0.15) is 0 Å². The van der Waals surface area contributed by atoms with E-state index < -0.39 is 0 Å². The number of nitrogens with zero attached hydrogens (tertiary/aromatic N) is 1. The number of hydrogen-bond donors (Lipinski definition) is 0. The van der Waals surface area contributed by atoms with Crippen molar-refractivity contribution in [1.29, 1.82) is 0 Å². The average Bonchev–Trinajstić information content (AvgIpc) is 1.86. The predicted octanol–water partition coefficient (Wildman–Crippen LogP) is -0.0100. The van der Waals surface area contributed by atoms with Gasteiger partial charge < -0.3 is 0 Å². The molecule has 6 heavy (non-hydrogen) atoms. The molecule has 2 radical (unpaired) electrons. The molecule has 0 saturated carbocycles. The van der Waals surface area contributed by atoms with Gasteiger partial charge in [-0.25, -0.2) is 0 Å². The molecule has 1 nitrogen and oxygen atoms in total. The first-order valence-corrected chi connectivity index (χ1v) is 4.45. The van der Waals surface area contributed by atoms with Gasteiger partial charge >= 0.3 is 54.6 Å². The number of rotatable bonds is 0. The van der Waals surface area contributed by atoms with E-state index in [-0.39, 0.29) is 0 Å². The quantitative estimate of drug-likeness (QED) is 0.507. The molecule has 1 rings (SSSR count). The Kier molecular flexibility index (Phi) is 1.83. The summed E-state index contributed by atoms with van der Waals surface area (Å²) in [5.74, 6) is 1.23. The van der Waals surface area contributed by atoms with E-state index in [1.54, 1.807) is 0 Å². The maximum atomic E-state index is 4.17. The molecular weight excluding hydrogens is 201 g/mol. The van der Waals surface area contributed by atoms with Crippen LogP contribution in [0.2, 0.25) is 0 Å². The minimum atomic E-state index is 1.07. The van der Waals surface area contributed by atoms with Gasteiger partial charge in [0, 0.05) is 0 Å². The Morgan fingerprint density at radius 3 is 2.83 bits per heavy atom. The van der Waals surface area contributed by atoms with Crippen molar-refractivity contribution >= 4 is 37.3 Å². The molecule has 0 amide bonds. The molecule has 1 aliphatic heterocycles. The van der Waals surface area contributed by atoms with E-state index in [4.69, 9.17) is 0 Å². The number of thioether (sulfide) groups is 1. The van der Waals surface area contributed by atoms with Gasteiger partial charge in [0.2, 0.25) is 0 Å². The van der Waals surface area contributed by atoms with E-state index in [2.05, 4.69) is 4.99 Å². The topological polar surface area (TPSA) is 12.4 Å². The number of aliphatic imine (C=N–C) groups is 1. The average molecular weight is 206 g/mol. The Hall–Kier alpha value is 0.819. The summed E-state index contributed by atoms with van der Waals surface area (Å²) in [4.78, 5) is 4.17. The molecule has 0 spiro atoms. The zero-order valence-electron chi connectivity index (χ0n) is 3.35. The van der Waals surface area contributed by atoms with Crippen LogP contribution in [0.25, 0.3) is 0 Å². The standard InChI is InChI=1S/C3H4NS.Sn.H/c1-2-5-3-4-1;;/h1-2H2;;. The van der Waals surface area contributed by atoms with Crippen molar-refractivity contribution in [3.05, 3.63) is 0 Å². The second-order valence-corrected chi connectivity index (χ2v) is 4.94. The molecule has 0 unspecified atom stereocenters. The van der Waals surface area contributed by atoms with Gasteiger partial charge in [0.05, 0.1) is 0 Å². The second kappa shape index (κ2) is 2.21. The summed E-state index contributed by atoms with van der Waals surface area (Å²) < 4.78 is 1.38. The summed E-state index contributed by atoms with van der Waals surface area (Å²) in [6, 6.07) is 0. The van der Waals surface area contributed by atoms with E-state index in [1.807, 2.05) is 11.8 Å². The van der Waals surface area contributed by atoms with Crippen molar-refractivity contribution in [3.8, 4) is 0 Å².